The van der Waals surface area contributed by atoms with Gasteiger partial charge >= 0.3 is 5.97 Å². The van der Waals surface area contributed by atoms with Crippen molar-refractivity contribution in [2.24, 2.45) is 11.7 Å². The molecule has 0 aromatic heterocycles. The van der Waals surface area contributed by atoms with Crippen LogP contribution in [0.5, 0.6) is 0 Å². The van der Waals surface area contributed by atoms with Gasteiger partial charge in [-0.2, -0.15) is 0 Å². The third-order valence-electron chi connectivity index (χ3n) is 2.73. The molecule has 0 aliphatic carbocycles. The Hall–Kier alpha value is -1.55. The number of ether oxygens (including phenoxy) is 1. The SMILES string of the molecule is COC(=O)c1ccccc1NC(CN)C(C)C. The molecule has 0 amide bonds. The summed E-state index contributed by atoms with van der Waals surface area (Å²) >= 11 is 0. The Morgan fingerprint density at radius 1 is 1.41 bits per heavy atom. The maximum absolute atomic E-state index is 11.6. The number of anilines is 1. The molecular weight excluding hydrogens is 216 g/mol. The molecule has 1 unspecified atom stereocenters. The first kappa shape index (κ1) is 13.5. The molecule has 1 rings (SSSR count). The molecule has 4 nitrogen and oxygen atoms in total. The fourth-order valence-corrected chi connectivity index (χ4v) is 1.59. The fourth-order valence-electron chi connectivity index (χ4n) is 1.59. The van der Waals surface area contributed by atoms with Gasteiger partial charge in [0.1, 0.15) is 0 Å². The average molecular weight is 236 g/mol. The van der Waals surface area contributed by atoms with Gasteiger partial charge in [0, 0.05) is 18.3 Å². The molecule has 0 saturated heterocycles. The van der Waals surface area contributed by atoms with Crippen LogP contribution in [0.15, 0.2) is 24.3 Å². The Morgan fingerprint density at radius 3 is 2.59 bits per heavy atom. The van der Waals surface area contributed by atoms with Crippen molar-refractivity contribution in [1.29, 1.82) is 0 Å². The van der Waals surface area contributed by atoms with E-state index in [-0.39, 0.29) is 12.0 Å². The second-order valence-electron chi connectivity index (χ2n) is 4.27. The van der Waals surface area contributed by atoms with Crippen LogP contribution in [0.1, 0.15) is 24.2 Å². The zero-order valence-corrected chi connectivity index (χ0v) is 10.6. The third-order valence-corrected chi connectivity index (χ3v) is 2.73. The number of benzene rings is 1. The highest BCUT2D eigenvalue weighted by Gasteiger charge is 2.16. The number of nitrogens with two attached hydrogens (primary N) is 1. The molecule has 0 radical (unpaired) electrons. The molecule has 94 valence electrons. The van der Waals surface area contributed by atoms with Gasteiger partial charge in [-0.15, -0.1) is 0 Å². The van der Waals surface area contributed by atoms with Crippen LogP contribution in [0.25, 0.3) is 0 Å². The number of carbonyl (C=O) groups excluding carboxylic acids is 1. The standard InChI is InChI=1S/C13H20N2O2/c1-9(2)12(8-14)15-11-7-5-4-6-10(11)13(16)17-3/h4-7,9,12,15H,8,14H2,1-3H3. The van der Waals surface area contributed by atoms with Gasteiger partial charge in [0.15, 0.2) is 0 Å². The van der Waals surface area contributed by atoms with Gasteiger partial charge in [0.05, 0.1) is 12.7 Å². The number of carbonyl (C=O) groups is 1. The first-order valence-corrected chi connectivity index (χ1v) is 5.74. The third kappa shape index (κ3) is 3.46. The van der Waals surface area contributed by atoms with E-state index in [1.165, 1.54) is 7.11 Å². The van der Waals surface area contributed by atoms with E-state index in [0.717, 1.165) is 5.69 Å². The summed E-state index contributed by atoms with van der Waals surface area (Å²) in [5.74, 6) is 0.0540. The molecule has 0 aliphatic heterocycles. The van der Waals surface area contributed by atoms with Crippen LogP contribution >= 0.6 is 0 Å². The normalized spacial score (nSPS) is 12.3. The minimum absolute atomic E-state index is 0.140. The maximum atomic E-state index is 11.6. The summed E-state index contributed by atoms with van der Waals surface area (Å²) in [7, 11) is 1.38. The van der Waals surface area contributed by atoms with Crippen LogP contribution in [0, 0.1) is 5.92 Å². The predicted octanol–water partition coefficient (Wildman–Crippen LogP) is 1.87. The average Bonchev–Trinajstić information content (AvgIpc) is 2.35. The van der Waals surface area contributed by atoms with Gasteiger partial charge < -0.3 is 15.8 Å². The Balaban J connectivity index is 2.93. The smallest absolute Gasteiger partial charge is 0.339 e. The van der Waals surface area contributed by atoms with Gasteiger partial charge in [-0.25, -0.2) is 4.79 Å². The lowest BCUT2D eigenvalue weighted by molar-refractivity contribution is 0.0601. The van der Waals surface area contributed by atoms with Crippen molar-refractivity contribution in [2.45, 2.75) is 19.9 Å². The summed E-state index contributed by atoms with van der Waals surface area (Å²) < 4.78 is 4.74. The Labute approximate surface area is 102 Å². The summed E-state index contributed by atoms with van der Waals surface area (Å²) in [5, 5.41) is 3.29. The lowest BCUT2D eigenvalue weighted by Gasteiger charge is -2.22. The monoisotopic (exact) mass is 236 g/mol. The lowest BCUT2D eigenvalue weighted by Crippen LogP contribution is -2.34. The van der Waals surface area contributed by atoms with Crippen molar-refractivity contribution in [2.75, 3.05) is 19.0 Å². The highest BCUT2D eigenvalue weighted by molar-refractivity contribution is 5.95. The highest BCUT2D eigenvalue weighted by atomic mass is 16.5. The Morgan fingerprint density at radius 2 is 2.06 bits per heavy atom. The Kier molecular flexibility index (Phi) is 4.97. The summed E-state index contributed by atoms with van der Waals surface area (Å²) in [4.78, 5) is 11.6. The topological polar surface area (TPSA) is 64.3 Å². The quantitative estimate of drug-likeness (QED) is 0.766. The number of rotatable bonds is 5. The van der Waals surface area contributed by atoms with E-state index in [9.17, 15) is 4.79 Å². The number of esters is 1. The first-order valence-electron chi connectivity index (χ1n) is 5.74. The van der Waals surface area contributed by atoms with E-state index in [1.807, 2.05) is 18.2 Å². The molecule has 0 saturated carbocycles. The number of methoxy groups -OCH3 is 1. The van der Waals surface area contributed by atoms with E-state index < -0.39 is 0 Å². The molecule has 1 aromatic carbocycles. The zero-order chi connectivity index (χ0) is 12.8. The molecule has 17 heavy (non-hydrogen) atoms. The molecular formula is C13H20N2O2. The summed E-state index contributed by atoms with van der Waals surface area (Å²) in [6, 6.07) is 7.42. The van der Waals surface area contributed by atoms with Crippen LogP contribution in [-0.2, 0) is 4.74 Å². The van der Waals surface area contributed by atoms with Crippen molar-refractivity contribution in [1.82, 2.24) is 0 Å². The van der Waals surface area contributed by atoms with Crippen molar-refractivity contribution >= 4 is 11.7 Å². The predicted molar refractivity (Wildman–Crippen MR) is 69.1 cm³/mol. The van der Waals surface area contributed by atoms with E-state index >= 15 is 0 Å². The van der Waals surface area contributed by atoms with Crippen LogP contribution in [0.2, 0.25) is 0 Å². The van der Waals surface area contributed by atoms with Crippen LogP contribution in [-0.4, -0.2) is 25.7 Å². The number of hydrogen-bond donors (Lipinski definition) is 2. The number of hydrogen-bond acceptors (Lipinski definition) is 4. The second-order valence-corrected chi connectivity index (χ2v) is 4.27. The fraction of sp³-hybridized carbons (Fsp3) is 0.462. The van der Waals surface area contributed by atoms with Crippen LogP contribution in [0.3, 0.4) is 0 Å². The number of nitrogens with one attached hydrogen (secondary N) is 1. The minimum Gasteiger partial charge on any atom is -0.465 e. The highest BCUT2D eigenvalue weighted by Crippen LogP contribution is 2.18. The summed E-state index contributed by atoms with van der Waals surface area (Å²) in [6.07, 6.45) is 0. The van der Waals surface area contributed by atoms with Gasteiger partial charge in [-0.1, -0.05) is 26.0 Å². The van der Waals surface area contributed by atoms with Gasteiger partial charge in [0.2, 0.25) is 0 Å². The molecule has 1 atom stereocenters. The van der Waals surface area contributed by atoms with Crippen molar-refractivity contribution < 1.29 is 9.53 Å². The summed E-state index contributed by atoms with van der Waals surface area (Å²) in [6.45, 7) is 4.70. The van der Waals surface area contributed by atoms with Gasteiger partial charge in [0.25, 0.3) is 0 Å². The molecule has 3 N–H and O–H groups in total. The van der Waals surface area contributed by atoms with Crippen molar-refractivity contribution in [3.05, 3.63) is 29.8 Å². The van der Waals surface area contributed by atoms with E-state index in [0.29, 0.717) is 18.0 Å². The summed E-state index contributed by atoms with van der Waals surface area (Å²) in [5.41, 5.74) is 7.00. The molecule has 0 aliphatic rings. The zero-order valence-electron chi connectivity index (χ0n) is 10.6. The molecule has 0 spiro atoms. The molecule has 4 heteroatoms. The largest absolute Gasteiger partial charge is 0.465 e. The minimum atomic E-state index is -0.340. The van der Waals surface area contributed by atoms with E-state index in [4.69, 9.17) is 10.5 Å². The van der Waals surface area contributed by atoms with Crippen molar-refractivity contribution in [3.63, 3.8) is 0 Å². The first-order chi connectivity index (χ1) is 8.10. The van der Waals surface area contributed by atoms with Gasteiger partial charge in [-0.05, 0) is 18.1 Å². The molecule has 0 bridgehead atoms. The van der Waals surface area contributed by atoms with Crippen LogP contribution in [0.4, 0.5) is 5.69 Å². The van der Waals surface area contributed by atoms with Gasteiger partial charge in [-0.3, -0.25) is 0 Å². The van der Waals surface area contributed by atoms with Crippen LogP contribution < -0.4 is 11.1 Å². The van der Waals surface area contributed by atoms with E-state index in [1.54, 1.807) is 6.07 Å². The van der Waals surface area contributed by atoms with E-state index in [2.05, 4.69) is 19.2 Å². The molecule has 1 aromatic rings. The molecule has 0 heterocycles. The number of para-hydroxylation sites is 1. The van der Waals surface area contributed by atoms with Crippen molar-refractivity contribution in [3.8, 4) is 0 Å². The Bertz CT molecular complexity index is 377. The molecule has 0 fully saturated rings. The lowest BCUT2D eigenvalue weighted by atomic mass is 10.0. The second kappa shape index (κ2) is 6.25. The maximum Gasteiger partial charge on any atom is 0.339 e.